The minimum Gasteiger partial charge on any atom is -0.439 e. The van der Waals surface area contributed by atoms with E-state index in [1.54, 1.807) is 6.20 Å². The van der Waals surface area contributed by atoms with Crippen LogP contribution in [0.2, 0.25) is 0 Å². The van der Waals surface area contributed by atoms with Crippen molar-refractivity contribution >= 4 is 5.71 Å². The van der Waals surface area contributed by atoms with Crippen LogP contribution in [0.1, 0.15) is 25.0 Å². The largest absolute Gasteiger partial charge is 0.439 e. The lowest BCUT2D eigenvalue weighted by molar-refractivity contribution is 0.0840. The number of benzene rings is 1. The number of ether oxygens (including phenoxy) is 1. The van der Waals surface area contributed by atoms with Crippen LogP contribution in [0.4, 0.5) is 0 Å². The zero-order chi connectivity index (χ0) is 13.1. The Kier molecular flexibility index (Phi) is 3.14. The molecule has 1 atom stereocenters. The molecule has 1 aromatic heterocycles. The minimum atomic E-state index is -0.0695. The molecule has 19 heavy (non-hydrogen) atoms. The van der Waals surface area contributed by atoms with Crippen molar-refractivity contribution in [2.45, 2.75) is 19.4 Å². The highest BCUT2D eigenvalue weighted by Gasteiger charge is 2.23. The van der Waals surface area contributed by atoms with Crippen molar-refractivity contribution in [3.05, 3.63) is 54.2 Å². The van der Waals surface area contributed by atoms with Crippen LogP contribution < -0.4 is 4.74 Å². The lowest BCUT2D eigenvalue weighted by Crippen LogP contribution is -2.01. The van der Waals surface area contributed by atoms with E-state index in [9.17, 15) is 0 Å². The van der Waals surface area contributed by atoms with Crippen LogP contribution in [0.25, 0.3) is 0 Å². The summed E-state index contributed by atoms with van der Waals surface area (Å²) in [5.74, 6) is 1.33. The van der Waals surface area contributed by atoms with E-state index >= 15 is 0 Å². The van der Waals surface area contributed by atoms with Gasteiger partial charge in [0.2, 0.25) is 5.88 Å². The number of hydrogen-bond donors (Lipinski definition) is 0. The fraction of sp³-hybridized carbons (Fsp3) is 0.200. The van der Waals surface area contributed by atoms with Gasteiger partial charge in [-0.3, -0.25) is 0 Å². The van der Waals surface area contributed by atoms with Crippen molar-refractivity contribution in [2.24, 2.45) is 5.16 Å². The monoisotopic (exact) mass is 254 g/mol. The van der Waals surface area contributed by atoms with Gasteiger partial charge in [-0.2, -0.15) is 0 Å². The van der Waals surface area contributed by atoms with Gasteiger partial charge in [-0.1, -0.05) is 29.4 Å². The average Bonchev–Trinajstić information content (AvgIpc) is 2.87. The Balaban J connectivity index is 1.86. The molecule has 0 bridgehead atoms. The molecule has 0 N–H and O–H groups in total. The molecule has 0 unspecified atom stereocenters. The van der Waals surface area contributed by atoms with Gasteiger partial charge in [0, 0.05) is 24.2 Å². The summed E-state index contributed by atoms with van der Waals surface area (Å²) in [5, 5.41) is 3.99. The number of para-hydroxylation sites is 1. The Morgan fingerprint density at radius 3 is 2.74 bits per heavy atom. The smallest absolute Gasteiger partial charge is 0.219 e. The minimum absolute atomic E-state index is 0.0695. The predicted octanol–water partition coefficient (Wildman–Crippen LogP) is 3.71. The summed E-state index contributed by atoms with van der Waals surface area (Å²) in [5.41, 5.74) is 1.99. The summed E-state index contributed by atoms with van der Waals surface area (Å²) >= 11 is 0. The van der Waals surface area contributed by atoms with Crippen LogP contribution >= 0.6 is 0 Å². The molecule has 4 nitrogen and oxygen atoms in total. The fourth-order valence-corrected chi connectivity index (χ4v) is 2.02. The van der Waals surface area contributed by atoms with E-state index in [2.05, 4.69) is 10.1 Å². The average molecular weight is 254 g/mol. The highest BCUT2D eigenvalue weighted by Crippen LogP contribution is 2.35. The summed E-state index contributed by atoms with van der Waals surface area (Å²) < 4.78 is 5.82. The van der Waals surface area contributed by atoms with E-state index in [0.29, 0.717) is 5.88 Å². The molecule has 2 aromatic rings. The van der Waals surface area contributed by atoms with Gasteiger partial charge in [0.1, 0.15) is 5.75 Å². The Morgan fingerprint density at radius 1 is 1.16 bits per heavy atom. The summed E-state index contributed by atoms with van der Waals surface area (Å²) in [6.45, 7) is 1.96. The molecule has 3 rings (SSSR count). The van der Waals surface area contributed by atoms with E-state index in [1.807, 2.05) is 49.4 Å². The van der Waals surface area contributed by atoms with Gasteiger partial charge in [0.05, 0.1) is 5.71 Å². The lowest BCUT2D eigenvalue weighted by atomic mass is 10.0. The first-order chi connectivity index (χ1) is 9.33. The molecule has 0 amide bonds. The van der Waals surface area contributed by atoms with Gasteiger partial charge in [-0.25, -0.2) is 4.98 Å². The van der Waals surface area contributed by atoms with Gasteiger partial charge in [0.25, 0.3) is 0 Å². The van der Waals surface area contributed by atoms with E-state index in [-0.39, 0.29) is 6.10 Å². The summed E-state index contributed by atoms with van der Waals surface area (Å²) in [6, 6.07) is 13.4. The van der Waals surface area contributed by atoms with Crippen molar-refractivity contribution in [1.82, 2.24) is 4.98 Å². The molecule has 2 heterocycles. The lowest BCUT2D eigenvalue weighted by Gasteiger charge is -2.14. The summed E-state index contributed by atoms with van der Waals surface area (Å²) in [7, 11) is 0. The van der Waals surface area contributed by atoms with E-state index in [4.69, 9.17) is 9.57 Å². The van der Waals surface area contributed by atoms with Crippen LogP contribution in [-0.2, 0) is 4.84 Å². The second-order valence-corrected chi connectivity index (χ2v) is 4.43. The van der Waals surface area contributed by atoms with Crippen LogP contribution in [0.3, 0.4) is 0 Å². The maximum absolute atomic E-state index is 5.82. The molecule has 96 valence electrons. The fourth-order valence-electron chi connectivity index (χ4n) is 2.02. The summed E-state index contributed by atoms with van der Waals surface area (Å²) in [4.78, 5) is 9.58. The highest BCUT2D eigenvalue weighted by molar-refractivity contribution is 5.83. The molecular formula is C15H14N2O2. The van der Waals surface area contributed by atoms with Crippen LogP contribution in [0.5, 0.6) is 11.6 Å². The number of hydrogen-bond acceptors (Lipinski definition) is 4. The first-order valence-electron chi connectivity index (χ1n) is 6.20. The Hall–Kier alpha value is -2.36. The van der Waals surface area contributed by atoms with Crippen molar-refractivity contribution in [2.75, 3.05) is 0 Å². The van der Waals surface area contributed by atoms with Crippen molar-refractivity contribution in [1.29, 1.82) is 0 Å². The van der Waals surface area contributed by atoms with Crippen molar-refractivity contribution < 1.29 is 9.57 Å². The van der Waals surface area contributed by atoms with Gasteiger partial charge < -0.3 is 9.57 Å². The SMILES string of the molecule is CC1=NO[C@@H](c2ccccc2Oc2ccccn2)C1. The number of aromatic nitrogens is 1. The van der Waals surface area contributed by atoms with E-state index in [0.717, 1.165) is 23.4 Å². The number of rotatable bonds is 3. The van der Waals surface area contributed by atoms with Crippen LogP contribution in [-0.4, -0.2) is 10.7 Å². The molecule has 1 aliphatic heterocycles. The standard InChI is InChI=1S/C15H14N2O2/c1-11-10-14(19-17-11)12-6-2-3-7-13(12)18-15-8-4-5-9-16-15/h2-9,14H,10H2,1H3/t14-/m1/s1. The van der Waals surface area contributed by atoms with E-state index in [1.165, 1.54) is 0 Å². The maximum atomic E-state index is 5.82. The molecule has 1 aromatic carbocycles. The number of pyridine rings is 1. The first-order valence-corrected chi connectivity index (χ1v) is 6.20. The van der Waals surface area contributed by atoms with Crippen molar-refractivity contribution in [3.8, 4) is 11.6 Å². The third kappa shape index (κ3) is 2.57. The van der Waals surface area contributed by atoms with Crippen molar-refractivity contribution in [3.63, 3.8) is 0 Å². The normalized spacial score (nSPS) is 17.7. The van der Waals surface area contributed by atoms with Gasteiger partial charge in [-0.15, -0.1) is 0 Å². The molecule has 0 radical (unpaired) electrons. The van der Waals surface area contributed by atoms with Crippen LogP contribution in [0, 0.1) is 0 Å². The second-order valence-electron chi connectivity index (χ2n) is 4.43. The Morgan fingerprint density at radius 2 is 2.00 bits per heavy atom. The number of oxime groups is 1. The molecular weight excluding hydrogens is 240 g/mol. The molecule has 0 aliphatic carbocycles. The van der Waals surface area contributed by atoms with Gasteiger partial charge in [0.15, 0.2) is 6.10 Å². The quantitative estimate of drug-likeness (QED) is 0.838. The Bertz CT molecular complexity index is 596. The van der Waals surface area contributed by atoms with Crippen LogP contribution in [0.15, 0.2) is 53.8 Å². The molecule has 0 spiro atoms. The highest BCUT2D eigenvalue weighted by atomic mass is 16.6. The second kappa shape index (κ2) is 5.10. The van der Waals surface area contributed by atoms with Gasteiger partial charge in [-0.05, 0) is 19.1 Å². The topological polar surface area (TPSA) is 43.7 Å². The van der Waals surface area contributed by atoms with E-state index < -0.39 is 0 Å². The summed E-state index contributed by atoms with van der Waals surface area (Å²) in [6.07, 6.45) is 2.43. The molecule has 4 heteroatoms. The third-order valence-corrected chi connectivity index (χ3v) is 2.93. The zero-order valence-corrected chi connectivity index (χ0v) is 10.6. The maximum Gasteiger partial charge on any atom is 0.219 e. The molecule has 1 aliphatic rings. The Labute approximate surface area is 111 Å². The predicted molar refractivity (Wildman–Crippen MR) is 72.3 cm³/mol. The molecule has 0 saturated heterocycles. The zero-order valence-electron chi connectivity index (χ0n) is 10.6. The molecule has 0 fully saturated rings. The van der Waals surface area contributed by atoms with Gasteiger partial charge >= 0.3 is 0 Å². The number of nitrogens with zero attached hydrogens (tertiary/aromatic N) is 2. The first kappa shape index (κ1) is 11.7. The third-order valence-electron chi connectivity index (χ3n) is 2.93. The molecule has 0 saturated carbocycles.